The van der Waals surface area contributed by atoms with Crippen LogP contribution in [0.5, 0.6) is 5.88 Å². The molecule has 1 aliphatic rings. The summed E-state index contributed by atoms with van der Waals surface area (Å²) in [6, 6.07) is 10.00. The average Bonchev–Trinajstić information content (AvgIpc) is 3.04. The Hall–Kier alpha value is -2.47. The Morgan fingerprint density at radius 3 is 2.79 bits per heavy atom. The zero-order valence-electron chi connectivity index (χ0n) is 13.8. The lowest BCUT2D eigenvalue weighted by molar-refractivity contribution is 0.199. The van der Waals surface area contributed by atoms with Gasteiger partial charge in [-0.15, -0.1) is 0 Å². The number of pyridine rings is 2. The molecule has 0 radical (unpaired) electrons. The average molecular weight is 323 g/mol. The van der Waals surface area contributed by atoms with Gasteiger partial charge in [-0.3, -0.25) is 9.88 Å². The smallest absolute Gasteiger partial charge is 0.215 e. The number of aromatic amines is 1. The van der Waals surface area contributed by atoms with Crippen molar-refractivity contribution in [1.82, 2.24) is 24.8 Å². The van der Waals surface area contributed by atoms with E-state index in [-0.39, 0.29) is 0 Å². The van der Waals surface area contributed by atoms with Crippen LogP contribution >= 0.6 is 0 Å². The first kappa shape index (κ1) is 15.1. The summed E-state index contributed by atoms with van der Waals surface area (Å²) in [5, 5.41) is 0. The van der Waals surface area contributed by atoms with Crippen molar-refractivity contribution in [2.75, 3.05) is 20.2 Å². The summed E-state index contributed by atoms with van der Waals surface area (Å²) in [7, 11) is 1.62. The highest BCUT2D eigenvalue weighted by atomic mass is 16.5. The van der Waals surface area contributed by atoms with E-state index in [1.165, 1.54) is 5.69 Å². The Labute approximate surface area is 140 Å². The van der Waals surface area contributed by atoms with E-state index in [0.717, 1.165) is 43.8 Å². The summed E-state index contributed by atoms with van der Waals surface area (Å²) in [4.78, 5) is 19.3. The number of ether oxygens (including phenoxy) is 1. The van der Waals surface area contributed by atoms with Crippen LogP contribution in [-0.4, -0.2) is 45.0 Å². The minimum atomic E-state index is 0.573. The minimum absolute atomic E-state index is 0.573. The van der Waals surface area contributed by atoms with Gasteiger partial charge in [0.05, 0.1) is 19.2 Å². The number of nitrogens with one attached hydrogen (secondary N) is 1. The molecule has 1 saturated heterocycles. The minimum Gasteiger partial charge on any atom is -0.481 e. The van der Waals surface area contributed by atoms with Crippen molar-refractivity contribution in [3.05, 3.63) is 48.0 Å². The van der Waals surface area contributed by atoms with Crippen LogP contribution in [0.2, 0.25) is 0 Å². The summed E-state index contributed by atoms with van der Waals surface area (Å²) in [5.74, 6) is 2.13. The molecule has 0 saturated carbocycles. The first-order valence-corrected chi connectivity index (χ1v) is 8.35. The van der Waals surface area contributed by atoms with Gasteiger partial charge in [-0.2, -0.15) is 4.98 Å². The van der Waals surface area contributed by atoms with Crippen LogP contribution in [0, 0.1) is 0 Å². The van der Waals surface area contributed by atoms with Crippen molar-refractivity contribution in [2.45, 2.75) is 25.3 Å². The third-order valence-corrected chi connectivity index (χ3v) is 4.65. The zero-order valence-corrected chi connectivity index (χ0v) is 13.8. The molecule has 0 atom stereocenters. The standard InChI is InChI=1S/C18H21N5O/c1-24-17-6-5-15-18(22-17)21-16(20-15)12-23-10-7-13(8-11-23)14-4-2-3-9-19-14/h2-6,9,13H,7-8,10-12H2,1H3,(H,20,21,22). The summed E-state index contributed by atoms with van der Waals surface area (Å²) in [5.41, 5.74) is 2.89. The van der Waals surface area contributed by atoms with E-state index >= 15 is 0 Å². The van der Waals surface area contributed by atoms with Crippen LogP contribution < -0.4 is 4.74 Å². The normalized spacial score (nSPS) is 16.5. The molecule has 4 heterocycles. The number of H-pyrrole nitrogens is 1. The number of hydrogen-bond donors (Lipinski definition) is 1. The molecule has 0 aliphatic carbocycles. The summed E-state index contributed by atoms with van der Waals surface area (Å²) in [6.45, 7) is 2.96. The SMILES string of the molecule is COc1ccc2[nH]c(CN3CCC(c4ccccn4)CC3)nc2n1. The van der Waals surface area contributed by atoms with E-state index in [2.05, 4.69) is 37.0 Å². The number of rotatable bonds is 4. The van der Waals surface area contributed by atoms with Gasteiger partial charge in [0.25, 0.3) is 0 Å². The van der Waals surface area contributed by atoms with Crippen molar-refractivity contribution in [2.24, 2.45) is 0 Å². The maximum Gasteiger partial charge on any atom is 0.215 e. The van der Waals surface area contributed by atoms with E-state index < -0.39 is 0 Å². The van der Waals surface area contributed by atoms with Gasteiger partial charge in [-0.1, -0.05) is 6.07 Å². The lowest BCUT2D eigenvalue weighted by Gasteiger charge is -2.30. The molecule has 6 heteroatoms. The maximum absolute atomic E-state index is 5.15. The Balaban J connectivity index is 1.40. The molecule has 1 fully saturated rings. The first-order chi connectivity index (χ1) is 11.8. The van der Waals surface area contributed by atoms with Crippen LogP contribution in [0.4, 0.5) is 0 Å². The molecule has 6 nitrogen and oxygen atoms in total. The molecule has 24 heavy (non-hydrogen) atoms. The Morgan fingerprint density at radius 2 is 2.04 bits per heavy atom. The summed E-state index contributed by atoms with van der Waals surface area (Å²) in [6.07, 6.45) is 4.17. The molecule has 0 unspecified atom stereocenters. The highest BCUT2D eigenvalue weighted by molar-refractivity contribution is 5.71. The number of nitrogens with zero attached hydrogens (tertiary/aromatic N) is 4. The van der Waals surface area contributed by atoms with Crippen molar-refractivity contribution in [3.63, 3.8) is 0 Å². The molecule has 3 aromatic heterocycles. The van der Waals surface area contributed by atoms with Crippen LogP contribution in [0.1, 0.15) is 30.3 Å². The number of fused-ring (bicyclic) bond motifs is 1. The van der Waals surface area contributed by atoms with E-state index in [9.17, 15) is 0 Å². The third kappa shape index (κ3) is 3.10. The number of imidazole rings is 1. The molecule has 1 aliphatic heterocycles. The zero-order chi connectivity index (χ0) is 16.4. The molecular formula is C18H21N5O. The van der Waals surface area contributed by atoms with Crippen molar-refractivity contribution >= 4 is 11.2 Å². The summed E-state index contributed by atoms with van der Waals surface area (Å²) < 4.78 is 5.15. The fraction of sp³-hybridized carbons (Fsp3) is 0.389. The van der Waals surface area contributed by atoms with E-state index in [1.54, 1.807) is 7.11 Å². The highest BCUT2D eigenvalue weighted by Gasteiger charge is 2.22. The number of methoxy groups -OCH3 is 1. The maximum atomic E-state index is 5.15. The quantitative estimate of drug-likeness (QED) is 0.799. The van der Waals surface area contributed by atoms with Crippen molar-refractivity contribution < 1.29 is 4.74 Å². The lowest BCUT2D eigenvalue weighted by atomic mass is 9.93. The fourth-order valence-corrected chi connectivity index (χ4v) is 3.33. The molecule has 0 spiro atoms. The van der Waals surface area contributed by atoms with Crippen molar-refractivity contribution in [1.29, 1.82) is 0 Å². The molecule has 0 aromatic carbocycles. The number of hydrogen-bond acceptors (Lipinski definition) is 5. The van der Waals surface area contributed by atoms with Gasteiger partial charge < -0.3 is 9.72 Å². The topological polar surface area (TPSA) is 66.9 Å². The predicted octanol–water partition coefficient (Wildman–Crippen LogP) is 2.74. The number of likely N-dealkylation sites (tertiary alicyclic amines) is 1. The molecule has 0 bridgehead atoms. The van der Waals surface area contributed by atoms with Crippen LogP contribution in [0.25, 0.3) is 11.2 Å². The van der Waals surface area contributed by atoms with Crippen LogP contribution in [0.15, 0.2) is 36.5 Å². The summed E-state index contributed by atoms with van der Waals surface area (Å²) >= 11 is 0. The first-order valence-electron chi connectivity index (χ1n) is 8.35. The van der Waals surface area contributed by atoms with E-state index in [1.807, 2.05) is 24.4 Å². The molecule has 124 valence electrons. The Bertz CT molecular complexity index is 809. The second-order valence-corrected chi connectivity index (χ2v) is 6.21. The number of piperidine rings is 1. The predicted molar refractivity (Wildman–Crippen MR) is 91.9 cm³/mol. The van der Waals surface area contributed by atoms with Gasteiger partial charge >= 0.3 is 0 Å². The fourth-order valence-electron chi connectivity index (χ4n) is 3.33. The van der Waals surface area contributed by atoms with Gasteiger partial charge in [0.1, 0.15) is 5.82 Å². The van der Waals surface area contributed by atoms with E-state index in [4.69, 9.17) is 4.74 Å². The number of aromatic nitrogens is 4. The molecular weight excluding hydrogens is 302 g/mol. The largest absolute Gasteiger partial charge is 0.481 e. The van der Waals surface area contributed by atoms with Crippen molar-refractivity contribution in [3.8, 4) is 5.88 Å². The van der Waals surface area contributed by atoms with Gasteiger partial charge in [-0.25, -0.2) is 4.98 Å². The molecule has 4 rings (SSSR count). The van der Waals surface area contributed by atoms with Crippen LogP contribution in [-0.2, 0) is 6.54 Å². The second kappa shape index (κ2) is 6.57. The van der Waals surface area contributed by atoms with Gasteiger partial charge in [0.15, 0.2) is 5.65 Å². The highest BCUT2D eigenvalue weighted by Crippen LogP contribution is 2.27. The molecule has 1 N–H and O–H groups in total. The lowest BCUT2D eigenvalue weighted by Crippen LogP contribution is -2.33. The molecule has 3 aromatic rings. The van der Waals surface area contributed by atoms with Gasteiger partial charge in [-0.05, 0) is 44.1 Å². The van der Waals surface area contributed by atoms with Gasteiger partial charge in [0.2, 0.25) is 5.88 Å². The van der Waals surface area contributed by atoms with Gasteiger partial charge in [0, 0.05) is 23.9 Å². The third-order valence-electron chi connectivity index (χ3n) is 4.65. The molecule has 0 amide bonds. The second-order valence-electron chi connectivity index (χ2n) is 6.21. The van der Waals surface area contributed by atoms with E-state index in [0.29, 0.717) is 17.4 Å². The Kier molecular flexibility index (Phi) is 4.13. The van der Waals surface area contributed by atoms with Crippen LogP contribution in [0.3, 0.4) is 0 Å². The monoisotopic (exact) mass is 323 g/mol. The Morgan fingerprint density at radius 1 is 1.17 bits per heavy atom.